The third-order valence-corrected chi connectivity index (χ3v) is 1.82. The van der Waals surface area contributed by atoms with E-state index in [9.17, 15) is 4.21 Å². The third-order valence-electron chi connectivity index (χ3n) is 1.45. The van der Waals surface area contributed by atoms with E-state index in [-0.39, 0.29) is 0 Å². The molecule has 1 N–H and O–H groups in total. The SMILES string of the molecule is Cc1ccc(C=CS(=O)O)cc1. The number of hydrogen-bond acceptors (Lipinski definition) is 1. The second-order valence-electron chi connectivity index (χ2n) is 2.49. The zero-order valence-electron chi connectivity index (χ0n) is 6.73. The van der Waals surface area contributed by atoms with Crippen molar-refractivity contribution < 1.29 is 8.76 Å². The summed E-state index contributed by atoms with van der Waals surface area (Å²) in [6.07, 6.45) is 1.62. The maximum atomic E-state index is 10.3. The summed E-state index contributed by atoms with van der Waals surface area (Å²) in [5, 5.41) is 1.24. The zero-order chi connectivity index (χ0) is 8.97. The summed E-state index contributed by atoms with van der Waals surface area (Å²) in [5.74, 6) is 0. The molecule has 1 atom stereocenters. The first-order valence-corrected chi connectivity index (χ1v) is 4.70. The molecule has 0 bridgehead atoms. The van der Waals surface area contributed by atoms with E-state index in [2.05, 4.69) is 0 Å². The van der Waals surface area contributed by atoms with Gasteiger partial charge in [0.05, 0.1) is 0 Å². The molecule has 0 heterocycles. The largest absolute Gasteiger partial charge is 0.303 e. The van der Waals surface area contributed by atoms with Crippen LogP contribution < -0.4 is 0 Å². The first kappa shape index (κ1) is 9.16. The fourth-order valence-corrected chi connectivity index (χ4v) is 1.09. The summed E-state index contributed by atoms with van der Waals surface area (Å²) in [7, 11) is 0. The summed E-state index contributed by atoms with van der Waals surface area (Å²) < 4.78 is 18.7. The Labute approximate surface area is 74.2 Å². The molecule has 1 aromatic carbocycles. The highest BCUT2D eigenvalue weighted by atomic mass is 32.2. The average molecular weight is 182 g/mol. The van der Waals surface area contributed by atoms with Gasteiger partial charge in [0, 0.05) is 5.41 Å². The van der Waals surface area contributed by atoms with E-state index in [1.54, 1.807) is 6.08 Å². The number of benzene rings is 1. The van der Waals surface area contributed by atoms with Crippen molar-refractivity contribution in [3.8, 4) is 0 Å². The molecule has 0 saturated carbocycles. The Morgan fingerprint density at radius 2 is 1.92 bits per heavy atom. The minimum absolute atomic E-state index is 0.933. The molecule has 0 aromatic heterocycles. The summed E-state index contributed by atoms with van der Waals surface area (Å²) in [6, 6.07) is 7.72. The topological polar surface area (TPSA) is 37.3 Å². The second kappa shape index (κ2) is 4.18. The van der Waals surface area contributed by atoms with Crippen molar-refractivity contribution in [2.45, 2.75) is 6.92 Å². The first-order valence-electron chi connectivity index (χ1n) is 3.53. The Morgan fingerprint density at radius 3 is 2.42 bits per heavy atom. The monoisotopic (exact) mass is 182 g/mol. The number of aryl methyl sites for hydroxylation is 1. The van der Waals surface area contributed by atoms with Crippen LogP contribution >= 0.6 is 0 Å². The van der Waals surface area contributed by atoms with Gasteiger partial charge >= 0.3 is 0 Å². The molecule has 1 rings (SSSR count). The van der Waals surface area contributed by atoms with Crippen molar-refractivity contribution >= 4 is 17.2 Å². The van der Waals surface area contributed by atoms with Crippen molar-refractivity contribution in [1.82, 2.24) is 0 Å². The van der Waals surface area contributed by atoms with E-state index >= 15 is 0 Å². The quantitative estimate of drug-likeness (QED) is 0.712. The standard InChI is InChI=1S/C9H10O2S/c1-8-2-4-9(5-3-8)6-7-12(10)11/h2-7H,1H3,(H,10,11). The summed E-state index contributed by atoms with van der Waals surface area (Å²) in [5.41, 5.74) is 2.11. The van der Waals surface area contributed by atoms with Gasteiger partial charge in [0.25, 0.3) is 0 Å². The molecule has 64 valence electrons. The van der Waals surface area contributed by atoms with Gasteiger partial charge in [-0.15, -0.1) is 0 Å². The lowest BCUT2D eigenvalue weighted by molar-refractivity contribution is 0.574. The molecule has 3 heteroatoms. The van der Waals surface area contributed by atoms with Gasteiger partial charge in [0.1, 0.15) is 0 Å². The smallest absolute Gasteiger partial charge is 0.178 e. The Bertz CT molecular complexity index is 301. The van der Waals surface area contributed by atoms with Crippen LogP contribution in [0.1, 0.15) is 11.1 Å². The van der Waals surface area contributed by atoms with Crippen LogP contribution in [0, 0.1) is 6.92 Å². The molecule has 0 amide bonds. The van der Waals surface area contributed by atoms with Crippen LogP contribution in [0.25, 0.3) is 6.08 Å². The van der Waals surface area contributed by atoms with E-state index in [4.69, 9.17) is 4.55 Å². The highest BCUT2D eigenvalue weighted by Gasteiger charge is 1.87. The van der Waals surface area contributed by atoms with Crippen LogP contribution in [-0.2, 0) is 11.1 Å². The maximum Gasteiger partial charge on any atom is 0.178 e. The maximum absolute atomic E-state index is 10.3. The minimum Gasteiger partial charge on any atom is -0.303 e. The number of rotatable bonds is 2. The molecule has 0 spiro atoms. The van der Waals surface area contributed by atoms with Crippen LogP contribution in [0.2, 0.25) is 0 Å². The Hall–Kier alpha value is -0.930. The van der Waals surface area contributed by atoms with Gasteiger partial charge < -0.3 is 4.55 Å². The second-order valence-corrected chi connectivity index (χ2v) is 3.31. The van der Waals surface area contributed by atoms with Crippen molar-refractivity contribution in [2.24, 2.45) is 0 Å². The molecule has 1 aromatic rings. The van der Waals surface area contributed by atoms with Crippen LogP contribution in [0.15, 0.2) is 29.7 Å². The van der Waals surface area contributed by atoms with Gasteiger partial charge in [-0.2, -0.15) is 0 Å². The summed E-state index contributed by atoms with van der Waals surface area (Å²) in [4.78, 5) is 0. The molecule has 1 unspecified atom stereocenters. The van der Waals surface area contributed by atoms with E-state index < -0.39 is 11.1 Å². The highest BCUT2D eigenvalue weighted by molar-refractivity contribution is 7.82. The fraction of sp³-hybridized carbons (Fsp3) is 0.111. The molecular formula is C9H10O2S. The molecule has 0 radical (unpaired) electrons. The van der Waals surface area contributed by atoms with Gasteiger partial charge in [-0.1, -0.05) is 29.8 Å². The van der Waals surface area contributed by atoms with Gasteiger partial charge in [-0.05, 0) is 18.6 Å². The Kier molecular flexibility index (Phi) is 3.19. The normalized spacial score (nSPS) is 13.5. The van der Waals surface area contributed by atoms with Crippen LogP contribution in [0.5, 0.6) is 0 Å². The molecule has 2 nitrogen and oxygen atoms in total. The predicted molar refractivity (Wildman–Crippen MR) is 51.0 cm³/mol. The van der Waals surface area contributed by atoms with Gasteiger partial charge in [0.2, 0.25) is 0 Å². The van der Waals surface area contributed by atoms with E-state index in [0.717, 1.165) is 5.56 Å². The predicted octanol–water partition coefficient (Wildman–Crippen LogP) is 2.19. The molecule has 0 aliphatic rings. The van der Waals surface area contributed by atoms with Gasteiger partial charge in [0.15, 0.2) is 11.1 Å². The Balaban J connectivity index is 2.77. The van der Waals surface area contributed by atoms with Gasteiger partial charge in [-0.3, -0.25) is 0 Å². The summed E-state index contributed by atoms with van der Waals surface area (Å²) >= 11 is -1.85. The fourth-order valence-electron chi connectivity index (χ4n) is 0.814. The van der Waals surface area contributed by atoms with Crippen molar-refractivity contribution in [1.29, 1.82) is 0 Å². The molecule has 0 aliphatic carbocycles. The van der Waals surface area contributed by atoms with Crippen molar-refractivity contribution in [3.05, 3.63) is 40.8 Å². The summed E-state index contributed by atoms with van der Waals surface area (Å²) in [6.45, 7) is 2.00. The van der Waals surface area contributed by atoms with Crippen molar-refractivity contribution in [2.75, 3.05) is 0 Å². The average Bonchev–Trinajstić information content (AvgIpc) is 2.03. The van der Waals surface area contributed by atoms with E-state index in [1.165, 1.54) is 11.0 Å². The van der Waals surface area contributed by atoms with Crippen molar-refractivity contribution in [3.63, 3.8) is 0 Å². The minimum atomic E-state index is -1.85. The molecule has 0 aliphatic heterocycles. The van der Waals surface area contributed by atoms with Crippen LogP contribution in [0.3, 0.4) is 0 Å². The molecular weight excluding hydrogens is 172 g/mol. The zero-order valence-corrected chi connectivity index (χ0v) is 7.54. The Morgan fingerprint density at radius 1 is 1.33 bits per heavy atom. The van der Waals surface area contributed by atoms with Crippen LogP contribution in [-0.4, -0.2) is 8.76 Å². The number of hydrogen-bond donors (Lipinski definition) is 1. The van der Waals surface area contributed by atoms with Gasteiger partial charge in [-0.25, -0.2) is 4.21 Å². The molecule has 0 fully saturated rings. The highest BCUT2D eigenvalue weighted by Crippen LogP contribution is 2.04. The third kappa shape index (κ3) is 2.98. The lowest BCUT2D eigenvalue weighted by atomic mass is 10.2. The molecule has 12 heavy (non-hydrogen) atoms. The first-order chi connectivity index (χ1) is 5.68. The van der Waals surface area contributed by atoms with Crippen LogP contribution in [0.4, 0.5) is 0 Å². The lowest BCUT2D eigenvalue weighted by Crippen LogP contribution is -1.77. The lowest BCUT2D eigenvalue weighted by Gasteiger charge is -1.92. The molecule has 0 saturated heterocycles. The van der Waals surface area contributed by atoms with E-state index in [0.29, 0.717) is 0 Å². The van der Waals surface area contributed by atoms with E-state index in [1.807, 2.05) is 31.2 Å².